The molecular formula is C24H24ClN5O4. The molecule has 0 saturated heterocycles. The summed E-state index contributed by atoms with van der Waals surface area (Å²) < 4.78 is 12.5. The number of anilines is 2. The number of halogens is 1. The Labute approximate surface area is 200 Å². The van der Waals surface area contributed by atoms with Gasteiger partial charge in [-0.1, -0.05) is 41.9 Å². The van der Waals surface area contributed by atoms with Gasteiger partial charge in [0.15, 0.2) is 5.76 Å². The average Bonchev–Trinajstić information content (AvgIpc) is 3.29. The molecule has 0 aliphatic carbocycles. The standard InChI is InChI=1S/C24H24ClN5O4/c1-33-12-11-29(15-20-27-13-19(34-20)17-7-9-18(25)10-8-17)21-22(26)30(24(32)28-23(21)31)14-16-5-3-2-4-6-16/h2-10,13H,11-12,14-15,26H2,1H3,(H,28,31,32). The Bertz CT molecular complexity index is 1360. The van der Waals surface area contributed by atoms with Crippen LogP contribution in [0.2, 0.25) is 5.02 Å². The Balaban J connectivity index is 1.67. The Morgan fingerprint density at radius 2 is 1.88 bits per heavy atom. The van der Waals surface area contributed by atoms with Crippen molar-refractivity contribution in [2.24, 2.45) is 0 Å². The van der Waals surface area contributed by atoms with E-state index in [1.165, 1.54) is 4.57 Å². The zero-order valence-corrected chi connectivity index (χ0v) is 19.3. The molecule has 0 fully saturated rings. The van der Waals surface area contributed by atoms with Gasteiger partial charge in [-0.3, -0.25) is 14.3 Å². The monoisotopic (exact) mass is 481 g/mol. The van der Waals surface area contributed by atoms with Crippen LogP contribution in [0.3, 0.4) is 0 Å². The fourth-order valence-corrected chi connectivity index (χ4v) is 3.70. The summed E-state index contributed by atoms with van der Waals surface area (Å²) in [5, 5.41) is 0.620. The van der Waals surface area contributed by atoms with Crippen molar-refractivity contribution in [1.29, 1.82) is 0 Å². The number of H-pyrrole nitrogens is 1. The van der Waals surface area contributed by atoms with E-state index in [1.54, 1.807) is 30.3 Å². The van der Waals surface area contributed by atoms with E-state index in [9.17, 15) is 9.59 Å². The van der Waals surface area contributed by atoms with Crippen molar-refractivity contribution < 1.29 is 9.15 Å². The second kappa shape index (κ2) is 10.4. The van der Waals surface area contributed by atoms with Crippen LogP contribution in [0.5, 0.6) is 0 Å². The predicted molar refractivity (Wildman–Crippen MR) is 131 cm³/mol. The van der Waals surface area contributed by atoms with Gasteiger partial charge >= 0.3 is 5.69 Å². The number of rotatable bonds is 9. The van der Waals surface area contributed by atoms with Crippen molar-refractivity contribution in [2.75, 3.05) is 30.9 Å². The minimum atomic E-state index is -0.590. The van der Waals surface area contributed by atoms with Crippen molar-refractivity contribution in [3.05, 3.63) is 98.1 Å². The molecule has 2 aromatic carbocycles. The first-order valence-corrected chi connectivity index (χ1v) is 10.9. The van der Waals surface area contributed by atoms with Crippen LogP contribution in [-0.2, 0) is 17.8 Å². The first-order valence-electron chi connectivity index (χ1n) is 10.6. The van der Waals surface area contributed by atoms with Crippen molar-refractivity contribution in [2.45, 2.75) is 13.1 Å². The van der Waals surface area contributed by atoms with Crippen LogP contribution in [0, 0.1) is 0 Å². The van der Waals surface area contributed by atoms with Gasteiger partial charge in [0.25, 0.3) is 5.56 Å². The molecule has 176 valence electrons. The topological polar surface area (TPSA) is 119 Å². The van der Waals surface area contributed by atoms with E-state index in [4.69, 9.17) is 26.5 Å². The molecule has 10 heteroatoms. The van der Waals surface area contributed by atoms with Crippen molar-refractivity contribution in [3.8, 4) is 11.3 Å². The highest BCUT2D eigenvalue weighted by Gasteiger charge is 2.21. The number of aromatic amines is 1. The van der Waals surface area contributed by atoms with E-state index in [-0.39, 0.29) is 24.6 Å². The van der Waals surface area contributed by atoms with E-state index in [0.29, 0.717) is 29.8 Å². The summed E-state index contributed by atoms with van der Waals surface area (Å²) in [5.74, 6) is 0.994. The summed E-state index contributed by atoms with van der Waals surface area (Å²) >= 11 is 5.96. The number of oxazole rings is 1. The molecule has 34 heavy (non-hydrogen) atoms. The number of nitrogens with one attached hydrogen (secondary N) is 1. The van der Waals surface area contributed by atoms with E-state index in [2.05, 4.69) is 9.97 Å². The first kappa shape index (κ1) is 23.3. The van der Waals surface area contributed by atoms with Crippen LogP contribution in [0.25, 0.3) is 11.3 Å². The molecule has 4 aromatic rings. The molecule has 0 aliphatic rings. The molecule has 2 aromatic heterocycles. The number of nitrogen functional groups attached to an aromatic ring is 1. The van der Waals surface area contributed by atoms with Gasteiger partial charge < -0.3 is 19.8 Å². The lowest BCUT2D eigenvalue weighted by Crippen LogP contribution is -2.39. The highest BCUT2D eigenvalue weighted by atomic mass is 35.5. The molecule has 3 N–H and O–H groups in total. The van der Waals surface area contributed by atoms with Gasteiger partial charge in [-0.15, -0.1) is 0 Å². The maximum Gasteiger partial charge on any atom is 0.330 e. The minimum absolute atomic E-state index is 0.0539. The lowest BCUT2D eigenvalue weighted by molar-refractivity contribution is 0.204. The lowest BCUT2D eigenvalue weighted by atomic mass is 10.2. The molecule has 0 spiro atoms. The molecule has 4 rings (SSSR count). The summed E-state index contributed by atoms with van der Waals surface area (Å²) in [6.07, 6.45) is 1.61. The fraction of sp³-hybridized carbons (Fsp3) is 0.208. The van der Waals surface area contributed by atoms with Crippen LogP contribution in [0.15, 0.2) is 74.8 Å². The number of aromatic nitrogens is 3. The van der Waals surface area contributed by atoms with Crippen molar-refractivity contribution in [3.63, 3.8) is 0 Å². The first-order chi connectivity index (χ1) is 16.5. The number of ether oxygens (including phenoxy) is 1. The summed E-state index contributed by atoms with van der Waals surface area (Å²) in [6.45, 7) is 1.01. The van der Waals surface area contributed by atoms with Gasteiger partial charge in [0.1, 0.15) is 11.5 Å². The van der Waals surface area contributed by atoms with E-state index in [0.717, 1.165) is 11.1 Å². The Morgan fingerprint density at radius 1 is 1.15 bits per heavy atom. The van der Waals surface area contributed by atoms with E-state index >= 15 is 0 Å². The number of benzene rings is 2. The van der Waals surface area contributed by atoms with Crippen LogP contribution in [0.4, 0.5) is 11.5 Å². The average molecular weight is 482 g/mol. The fourth-order valence-electron chi connectivity index (χ4n) is 3.57. The van der Waals surface area contributed by atoms with Gasteiger partial charge in [0.2, 0.25) is 5.89 Å². The summed E-state index contributed by atoms with van der Waals surface area (Å²) in [4.78, 5) is 33.8. The predicted octanol–water partition coefficient (Wildman–Crippen LogP) is 3.13. The highest BCUT2D eigenvalue weighted by Crippen LogP contribution is 2.25. The largest absolute Gasteiger partial charge is 0.439 e. The molecule has 0 atom stereocenters. The third-order valence-corrected chi connectivity index (χ3v) is 5.54. The molecule has 0 unspecified atom stereocenters. The van der Waals surface area contributed by atoms with Crippen molar-refractivity contribution >= 4 is 23.1 Å². The Hall–Kier alpha value is -3.82. The van der Waals surface area contributed by atoms with E-state index in [1.807, 2.05) is 42.5 Å². The Kier molecular flexibility index (Phi) is 7.15. The molecule has 9 nitrogen and oxygen atoms in total. The van der Waals surface area contributed by atoms with Crippen molar-refractivity contribution in [1.82, 2.24) is 14.5 Å². The number of nitrogens with zero attached hydrogens (tertiary/aromatic N) is 3. The highest BCUT2D eigenvalue weighted by molar-refractivity contribution is 6.30. The van der Waals surface area contributed by atoms with Crippen LogP contribution in [-0.4, -0.2) is 34.8 Å². The zero-order chi connectivity index (χ0) is 24.1. The molecule has 0 aliphatic heterocycles. The van der Waals surface area contributed by atoms with Gasteiger partial charge in [-0.25, -0.2) is 9.78 Å². The number of methoxy groups -OCH3 is 1. The molecular weight excluding hydrogens is 458 g/mol. The second-order valence-electron chi connectivity index (χ2n) is 7.60. The smallest absolute Gasteiger partial charge is 0.330 e. The number of hydrogen-bond donors (Lipinski definition) is 2. The van der Waals surface area contributed by atoms with Crippen LogP contribution < -0.4 is 21.9 Å². The number of hydrogen-bond acceptors (Lipinski definition) is 7. The molecule has 2 heterocycles. The summed E-state index contributed by atoms with van der Waals surface area (Å²) in [5.41, 5.74) is 7.04. The number of nitrogens with two attached hydrogens (primary N) is 1. The van der Waals surface area contributed by atoms with Crippen LogP contribution in [0.1, 0.15) is 11.5 Å². The SMILES string of the molecule is COCCN(Cc1ncc(-c2ccc(Cl)cc2)o1)c1c(N)n(Cc2ccccc2)c(=O)[nH]c1=O. The molecule has 0 amide bonds. The molecule has 0 radical (unpaired) electrons. The van der Waals surface area contributed by atoms with Gasteiger partial charge in [-0.2, -0.15) is 0 Å². The third kappa shape index (κ3) is 5.22. The summed E-state index contributed by atoms with van der Waals surface area (Å²) in [7, 11) is 1.56. The van der Waals surface area contributed by atoms with E-state index < -0.39 is 11.2 Å². The van der Waals surface area contributed by atoms with Crippen LogP contribution >= 0.6 is 11.6 Å². The second-order valence-corrected chi connectivity index (χ2v) is 8.04. The third-order valence-electron chi connectivity index (χ3n) is 5.29. The maximum absolute atomic E-state index is 12.8. The van der Waals surface area contributed by atoms with Gasteiger partial charge in [0.05, 0.1) is 25.9 Å². The minimum Gasteiger partial charge on any atom is -0.439 e. The summed E-state index contributed by atoms with van der Waals surface area (Å²) in [6, 6.07) is 16.6. The zero-order valence-electron chi connectivity index (χ0n) is 18.5. The lowest BCUT2D eigenvalue weighted by Gasteiger charge is -2.24. The maximum atomic E-state index is 12.8. The molecule has 0 bridgehead atoms. The quantitative estimate of drug-likeness (QED) is 0.377. The Morgan fingerprint density at radius 3 is 2.59 bits per heavy atom. The van der Waals surface area contributed by atoms with Gasteiger partial charge in [-0.05, 0) is 29.8 Å². The molecule has 0 saturated carbocycles. The van der Waals surface area contributed by atoms with Gasteiger partial charge in [0, 0.05) is 24.2 Å². The normalized spacial score (nSPS) is 11.0.